The third kappa shape index (κ3) is 2.48. The van der Waals surface area contributed by atoms with Crippen molar-refractivity contribution in [3.8, 4) is 0 Å². The van der Waals surface area contributed by atoms with Crippen molar-refractivity contribution in [2.75, 3.05) is 20.1 Å². The second-order valence-electron chi connectivity index (χ2n) is 5.25. The van der Waals surface area contributed by atoms with Crippen LogP contribution in [-0.2, 0) is 0 Å². The normalized spacial score (nSPS) is 32.6. The maximum atomic E-state index is 3.81. The van der Waals surface area contributed by atoms with Gasteiger partial charge >= 0.3 is 0 Å². The van der Waals surface area contributed by atoms with E-state index < -0.39 is 0 Å². The van der Waals surface area contributed by atoms with E-state index in [0.717, 1.165) is 18.0 Å². The minimum Gasteiger partial charge on any atom is -0.310 e. The molecule has 0 spiro atoms. The molecule has 0 aromatic rings. The molecule has 1 saturated carbocycles. The van der Waals surface area contributed by atoms with E-state index in [0.29, 0.717) is 0 Å². The summed E-state index contributed by atoms with van der Waals surface area (Å²) in [6, 6.07) is 1.50. The number of rotatable bonds is 3. The smallest absolute Gasteiger partial charge is 0.0209 e. The molecule has 2 atom stereocenters. The minimum atomic E-state index is 0.744. The Balaban J connectivity index is 1.73. The molecule has 0 amide bonds. The predicted octanol–water partition coefficient (Wildman–Crippen LogP) is 1.86. The minimum absolute atomic E-state index is 0.744. The highest BCUT2D eigenvalue weighted by atomic mass is 15.2. The van der Waals surface area contributed by atoms with E-state index in [1.807, 2.05) is 0 Å². The van der Waals surface area contributed by atoms with Gasteiger partial charge in [-0.2, -0.15) is 0 Å². The lowest BCUT2D eigenvalue weighted by Gasteiger charge is -2.24. The van der Waals surface area contributed by atoms with Gasteiger partial charge in [0.15, 0.2) is 0 Å². The summed E-state index contributed by atoms with van der Waals surface area (Å²) in [6.07, 6.45) is 7.17. The van der Waals surface area contributed by atoms with Crippen molar-refractivity contribution >= 4 is 0 Å². The maximum absolute atomic E-state index is 3.81. The second kappa shape index (κ2) is 4.63. The number of likely N-dealkylation sites (N-methyl/N-ethyl adjacent to an activating group) is 1. The molecular weight excluding hydrogens is 172 g/mol. The largest absolute Gasteiger partial charge is 0.310 e. The van der Waals surface area contributed by atoms with Crippen molar-refractivity contribution in [2.45, 2.75) is 51.1 Å². The van der Waals surface area contributed by atoms with Crippen LogP contribution in [0.2, 0.25) is 0 Å². The highest BCUT2D eigenvalue weighted by Gasteiger charge is 2.26. The number of nitrogens with zero attached hydrogens (tertiary/aromatic N) is 1. The molecule has 1 unspecified atom stereocenters. The Hall–Kier alpha value is -0.0800. The van der Waals surface area contributed by atoms with Gasteiger partial charge in [-0.25, -0.2) is 0 Å². The van der Waals surface area contributed by atoms with Gasteiger partial charge in [0.2, 0.25) is 0 Å². The zero-order chi connectivity index (χ0) is 9.97. The van der Waals surface area contributed by atoms with Crippen molar-refractivity contribution < 1.29 is 0 Å². The molecule has 2 nitrogen and oxygen atoms in total. The Morgan fingerprint density at radius 2 is 1.93 bits per heavy atom. The molecule has 2 aliphatic rings. The molecule has 1 heterocycles. The molecule has 1 aliphatic carbocycles. The summed E-state index contributed by atoms with van der Waals surface area (Å²) in [5.74, 6) is 0.959. The molecule has 1 aliphatic heterocycles. The SMILES string of the molecule is C[C@H](NC1CCN(C)C1)C1CCCC1. The molecule has 0 aromatic carbocycles. The summed E-state index contributed by atoms with van der Waals surface area (Å²) < 4.78 is 0. The average Bonchev–Trinajstić information content (AvgIpc) is 2.75. The summed E-state index contributed by atoms with van der Waals surface area (Å²) in [7, 11) is 2.22. The molecule has 82 valence electrons. The predicted molar refractivity (Wildman–Crippen MR) is 60.5 cm³/mol. The lowest BCUT2D eigenvalue weighted by molar-refractivity contribution is 0.331. The van der Waals surface area contributed by atoms with Crippen LogP contribution in [0.15, 0.2) is 0 Å². The summed E-state index contributed by atoms with van der Waals surface area (Å²) in [5.41, 5.74) is 0. The van der Waals surface area contributed by atoms with Gasteiger partial charge < -0.3 is 10.2 Å². The Bertz CT molecular complexity index is 175. The maximum Gasteiger partial charge on any atom is 0.0209 e. The lowest BCUT2D eigenvalue weighted by Crippen LogP contribution is -2.41. The van der Waals surface area contributed by atoms with E-state index in [-0.39, 0.29) is 0 Å². The van der Waals surface area contributed by atoms with Gasteiger partial charge in [0, 0.05) is 18.6 Å². The fourth-order valence-electron chi connectivity index (χ4n) is 3.04. The third-order valence-electron chi connectivity index (χ3n) is 4.00. The van der Waals surface area contributed by atoms with E-state index in [4.69, 9.17) is 0 Å². The zero-order valence-corrected chi connectivity index (χ0v) is 9.63. The molecule has 0 bridgehead atoms. The number of nitrogens with one attached hydrogen (secondary N) is 1. The first-order valence-electron chi connectivity index (χ1n) is 6.20. The highest BCUT2D eigenvalue weighted by molar-refractivity contribution is 4.85. The van der Waals surface area contributed by atoms with Gasteiger partial charge in [-0.1, -0.05) is 12.8 Å². The van der Waals surface area contributed by atoms with Crippen LogP contribution in [0.3, 0.4) is 0 Å². The topological polar surface area (TPSA) is 15.3 Å². The second-order valence-corrected chi connectivity index (χ2v) is 5.25. The Morgan fingerprint density at radius 3 is 2.50 bits per heavy atom. The zero-order valence-electron chi connectivity index (χ0n) is 9.63. The van der Waals surface area contributed by atoms with Gasteiger partial charge in [-0.3, -0.25) is 0 Å². The first-order valence-corrected chi connectivity index (χ1v) is 6.20. The highest BCUT2D eigenvalue weighted by Crippen LogP contribution is 2.28. The summed E-state index contributed by atoms with van der Waals surface area (Å²) >= 11 is 0. The fourth-order valence-corrected chi connectivity index (χ4v) is 3.04. The van der Waals surface area contributed by atoms with Crippen molar-refractivity contribution in [2.24, 2.45) is 5.92 Å². The van der Waals surface area contributed by atoms with E-state index >= 15 is 0 Å². The molecule has 1 N–H and O–H groups in total. The Labute approximate surface area is 88.1 Å². The standard InChI is InChI=1S/C12H24N2/c1-10(11-5-3-4-6-11)13-12-7-8-14(2)9-12/h10-13H,3-9H2,1-2H3/t10-,12?/m0/s1. The van der Waals surface area contributed by atoms with Gasteiger partial charge in [-0.15, -0.1) is 0 Å². The third-order valence-corrected chi connectivity index (χ3v) is 4.00. The van der Waals surface area contributed by atoms with Crippen LogP contribution < -0.4 is 5.32 Å². The van der Waals surface area contributed by atoms with Gasteiger partial charge in [0.1, 0.15) is 0 Å². The molecule has 0 aromatic heterocycles. The van der Waals surface area contributed by atoms with Crippen LogP contribution in [0.5, 0.6) is 0 Å². The van der Waals surface area contributed by atoms with E-state index in [2.05, 4.69) is 24.2 Å². The van der Waals surface area contributed by atoms with Crippen LogP contribution in [0.4, 0.5) is 0 Å². The molecule has 0 radical (unpaired) electrons. The monoisotopic (exact) mass is 196 g/mol. The molecule has 2 rings (SSSR count). The average molecular weight is 196 g/mol. The molecule has 2 heteroatoms. The number of likely N-dealkylation sites (tertiary alicyclic amines) is 1. The molecular formula is C12H24N2. The summed E-state index contributed by atoms with van der Waals surface area (Å²) in [6.45, 7) is 4.90. The number of hydrogen-bond donors (Lipinski definition) is 1. The Morgan fingerprint density at radius 1 is 1.21 bits per heavy atom. The van der Waals surface area contributed by atoms with Crippen LogP contribution >= 0.6 is 0 Å². The van der Waals surface area contributed by atoms with Gasteiger partial charge in [0.25, 0.3) is 0 Å². The van der Waals surface area contributed by atoms with E-state index in [1.165, 1.54) is 45.2 Å². The van der Waals surface area contributed by atoms with E-state index in [1.54, 1.807) is 0 Å². The quantitative estimate of drug-likeness (QED) is 0.741. The van der Waals surface area contributed by atoms with Gasteiger partial charge in [-0.05, 0) is 45.7 Å². The van der Waals surface area contributed by atoms with Gasteiger partial charge in [0.05, 0.1) is 0 Å². The molecule has 14 heavy (non-hydrogen) atoms. The summed E-state index contributed by atoms with van der Waals surface area (Å²) in [4.78, 5) is 2.43. The first kappa shape index (κ1) is 10.4. The fraction of sp³-hybridized carbons (Fsp3) is 1.00. The van der Waals surface area contributed by atoms with E-state index in [9.17, 15) is 0 Å². The van der Waals surface area contributed by atoms with Crippen LogP contribution in [-0.4, -0.2) is 37.1 Å². The van der Waals surface area contributed by atoms with Crippen LogP contribution in [0, 0.1) is 5.92 Å². The van der Waals surface area contributed by atoms with Crippen molar-refractivity contribution in [1.82, 2.24) is 10.2 Å². The van der Waals surface area contributed by atoms with Crippen molar-refractivity contribution in [1.29, 1.82) is 0 Å². The lowest BCUT2D eigenvalue weighted by atomic mass is 9.99. The Kier molecular flexibility index (Phi) is 3.45. The summed E-state index contributed by atoms with van der Waals surface area (Å²) in [5, 5.41) is 3.81. The van der Waals surface area contributed by atoms with Crippen molar-refractivity contribution in [3.05, 3.63) is 0 Å². The van der Waals surface area contributed by atoms with Crippen LogP contribution in [0.1, 0.15) is 39.0 Å². The molecule has 1 saturated heterocycles. The molecule has 2 fully saturated rings. The number of hydrogen-bond acceptors (Lipinski definition) is 2. The first-order chi connectivity index (χ1) is 6.75. The van der Waals surface area contributed by atoms with Crippen molar-refractivity contribution in [3.63, 3.8) is 0 Å². The van der Waals surface area contributed by atoms with Crippen LogP contribution in [0.25, 0.3) is 0 Å².